The predicted octanol–water partition coefficient (Wildman–Crippen LogP) is 2.96. The third-order valence-corrected chi connectivity index (χ3v) is 4.47. The average Bonchev–Trinajstić information content (AvgIpc) is 3.10. The number of nitrogens with zero attached hydrogens (tertiary/aromatic N) is 1. The maximum absolute atomic E-state index is 14.2. The van der Waals surface area contributed by atoms with E-state index in [0.717, 1.165) is 11.4 Å². The molecule has 0 spiro atoms. The van der Waals surface area contributed by atoms with Crippen LogP contribution in [0.3, 0.4) is 0 Å². The molecule has 2 rings (SSSR count). The van der Waals surface area contributed by atoms with Gasteiger partial charge in [-0.25, -0.2) is 4.39 Å². The molecule has 1 unspecified atom stereocenters. The van der Waals surface area contributed by atoms with E-state index in [0.29, 0.717) is 19.6 Å². The SMILES string of the molecule is C=C/C(N)=C(F)\C=C1/CC=C(C(C)(C)CO)N1CC1COC(C)(C)O1. The average molecular weight is 352 g/mol. The van der Waals surface area contributed by atoms with Crippen molar-refractivity contribution < 1.29 is 19.0 Å². The molecule has 140 valence electrons. The summed E-state index contributed by atoms with van der Waals surface area (Å²) in [7, 11) is 0. The van der Waals surface area contributed by atoms with Gasteiger partial charge in [0.2, 0.25) is 0 Å². The molecule has 0 aromatic rings. The number of ether oxygens (including phenoxy) is 2. The summed E-state index contributed by atoms with van der Waals surface area (Å²) >= 11 is 0. The summed E-state index contributed by atoms with van der Waals surface area (Å²) in [5.74, 6) is -1.14. The second-order valence-corrected chi connectivity index (χ2v) is 7.54. The number of aliphatic hydroxyl groups excluding tert-OH is 1. The zero-order valence-corrected chi connectivity index (χ0v) is 15.5. The Bertz CT molecular complexity index is 620. The second kappa shape index (κ2) is 7.32. The van der Waals surface area contributed by atoms with Crippen molar-refractivity contribution in [2.24, 2.45) is 11.1 Å². The van der Waals surface area contributed by atoms with E-state index in [1.165, 1.54) is 12.2 Å². The normalized spacial score (nSPS) is 26.0. The first-order chi connectivity index (χ1) is 11.6. The van der Waals surface area contributed by atoms with E-state index >= 15 is 0 Å². The van der Waals surface area contributed by atoms with E-state index < -0.39 is 17.0 Å². The van der Waals surface area contributed by atoms with E-state index in [1.807, 2.05) is 38.7 Å². The molecule has 0 saturated carbocycles. The highest BCUT2D eigenvalue weighted by Crippen LogP contribution is 2.39. The Kier molecular flexibility index (Phi) is 5.76. The predicted molar refractivity (Wildman–Crippen MR) is 95.8 cm³/mol. The van der Waals surface area contributed by atoms with Crippen molar-refractivity contribution in [3.05, 3.63) is 47.7 Å². The lowest BCUT2D eigenvalue weighted by atomic mass is 9.89. The number of halogens is 1. The van der Waals surface area contributed by atoms with Gasteiger partial charge in [0.15, 0.2) is 5.79 Å². The van der Waals surface area contributed by atoms with E-state index in [2.05, 4.69) is 6.58 Å². The Morgan fingerprint density at radius 3 is 2.76 bits per heavy atom. The lowest BCUT2D eigenvalue weighted by Crippen LogP contribution is -2.37. The van der Waals surface area contributed by atoms with Crippen molar-refractivity contribution in [3.63, 3.8) is 0 Å². The molecule has 0 aliphatic carbocycles. The van der Waals surface area contributed by atoms with Crippen LogP contribution in [0.15, 0.2) is 47.7 Å². The standard InChI is InChI=1S/C19H29FN2O3/c1-6-16(21)15(20)9-13-7-8-17(18(2,3)12-23)22(13)10-14-11-24-19(4,5)25-14/h6,8-9,14,23H,1,7,10-12,21H2,2-5H3/b13-9+,16-15-. The van der Waals surface area contributed by atoms with Gasteiger partial charge in [0.25, 0.3) is 0 Å². The Balaban J connectivity index is 2.29. The molecule has 2 aliphatic heterocycles. The van der Waals surface area contributed by atoms with Gasteiger partial charge in [-0.3, -0.25) is 0 Å². The molecular formula is C19H29FN2O3. The Labute approximate surface area is 149 Å². The second-order valence-electron chi connectivity index (χ2n) is 7.54. The third-order valence-electron chi connectivity index (χ3n) is 4.47. The molecule has 1 atom stereocenters. The monoisotopic (exact) mass is 352 g/mol. The van der Waals surface area contributed by atoms with E-state index in [4.69, 9.17) is 15.2 Å². The first-order valence-electron chi connectivity index (χ1n) is 8.48. The van der Waals surface area contributed by atoms with E-state index in [-0.39, 0.29) is 18.4 Å². The number of hydrogen-bond donors (Lipinski definition) is 2. The molecule has 3 N–H and O–H groups in total. The summed E-state index contributed by atoms with van der Waals surface area (Å²) in [6.07, 6.45) is 5.15. The highest BCUT2D eigenvalue weighted by atomic mass is 19.1. The molecule has 5 nitrogen and oxygen atoms in total. The van der Waals surface area contributed by atoms with Gasteiger partial charge in [0.05, 0.1) is 25.5 Å². The summed E-state index contributed by atoms with van der Waals surface area (Å²) in [6.45, 7) is 12.1. The van der Waals surface area contributed by atoms with Gasteiger partial charge < -0.3 is 25.2 Å². The molecule has 0 radical (unpaired) electrons. The van der Waals surface area contributed by atoms with Gasteiger partial charge in [-0.1, -0.05) is 26.5 Å². The van der Waals surface area contributed by atoms with Gasteiger partial charge >= 0.3 is 0 Å². The summed E-state index contributed by atoms with van der Waals surface area (Å²) < 4.78 is 25.7. The minimum absolute atomic E-state index is 0.00361. The lowest BCUT2D eigenvalue weighted by Gasteiger charge is -2.35. The highest BCUT2D eigenvalue weighted by Gasteiger charge is 2.38. The molecule has 0 amide bonds. The summed E-state index contributed by atoms with van der Waals surface area (Å²) in [5.41, 5.74) is 6.88. The van der Waals surface area contributed by atoms with Crippen molar-refractivity contribution in [1.82, 2.24) is 4.90 Å². The molecule has 0 bridgehead atoms. The summed E-state index contributed by atoms with van der Waals surface area (Å²) in [6, 6.07) is 0. The van der Waals surface area contributed by atoms with Gasteiger partial charge in [0.1, 0.15) is 11.9 Å². The van der Waals surface area contributed by atoms with Crippen LogP contribution in [0.4, 0.5) is 4.39 Å². The fourth-order valence-electron chi connectivity index (χ4n) is 3.04. The maximum atomic E-state index is 14.2. The number of hydrogen-bond acceptors (Lipinski definition) is 5. The minimum atomic E-state index is -0.622. The van der Waals surface area contributed by atoms with E-state index in [1.54, 1.807) is 0 Å². The largest absolute Gasteiger partial charge is 0.396 e. The van der Waals surface area contributed by atoms with Crippen LogP contribution in [0.25, 0.3) is 0 Å². The Morgan fingerprint density at radius 1 is 1.56 bits per heavy atom. The van der Waals surface area contributed by atoms with Crippen LogP contribution in [0.1, 0.15) is 34.1 Å². The summed E-state index contributed by atoms with van der Waals surface area (Å²) in [4.78, 5) is 2.00. The molecule has 1 fully saturated rings. The highest BCUT2D eigenvalue weighted by molar-refractivity contribution is 5.34. The summed E-state index contributed by atoms with van der Waals surface area (Å²) in [5, 5.41) is 9.75. The van der Waals surface area contributed by atoms with Crippen LogP contribution < -0.4 is 5.73 Å². The van der Waals surface area contributed by atoms with Crippen LogP contribution in [-0.2, 0) is 9.47 Å². The molecule has 2 heterocycles. The van der Waals surface area contributed by atoms with Crippen molar-refractivity contribution >= 4 is 0 Å². The Morgan fingerprint density at radius 2 is 2.24 bits per heavy atom. The van der Waals surface area contributed by atoms with Crippen LogP contribution in [0, 0.1) is 5.41 Å². The fraction of sp³-hybridized carbons (Fsp3) is 0.579. The Hall–Kier alpha value is -1.63. The maximum Gasteiger partial charge on any atom is 0.163 e. The topological polar surface area (TPSA) is 68.0 Å². The third kappa shape index (κ3) is 4.51. The molecule has 0 aromatic heterocycles. The van der Waals surface area contributed by atoms with Crippen LogP contribution >= 0.6 is 0 Å². The molecule has 25 heavy (non-hydrogen) atoms. The van der Waals surface area contributed by atoms with Gasteiger partial charge in [-0.05, 0) is 26.0 Å². The van der Waals surface area contributed by atoms with Gasteiger partial charge in [0, 0.05) is 23.2 Å². The van der Waals surface area contributed by atoms with Gasteiger partial charge in [-0.2, -0.15) is 0 Å². The van der Waals surface area contributed by atoms with Crippen LogP contribution in [0.5, 0.6) is 0 Å². The first kappa shape index (κ1) is 19.7. The molecule has 0 aromatic carbocycles. The molecular weight excluding hydrogens is 323 g/mol. The molecule has 6 heteroatoms. The van der Waals surface area contributed by atoms with Gasteiger partial charge in [-0.15, -0.1) is 0 Å². The fourth-order valence-corrected chi connectivity index (χ4v) is 3.04. The molecule has 2 aliphatic rings. The van der Waals surface area contributed by atoms with Crippen molar-refractivity contribution in [2.45, 2.75) is 46.0 Å². The van der Waals surface area contributed by atoms with Crippen molar-refractivity contribution in [3.8, 4) is 0 Å². The molecule has 1 saturated heterocycles. The smallest absolute Gasteiger partial charge is 0.163 e. The number of allylic oxidation sites excluding steroid dienone is 4. The minimum Gasteiger partial charge on any atom is -0.396 e. The van der Waals surface area contributed by atoms with Crippen molar-refractivity contribution in [1.29, 1.82) is 0 Å². The van der Waals surface area contributed by atoms with Crippen LogP contribution in [-0.4, -0.2) is 41.7 Å². The van der Waals surface area contributed by atoms with Crippen molar-refractivity contribution in [2.75, 3.05) is 19.8 Å². The number of aliphatic hydroxyl groups is 1. The quantitative estimate of drug-likeness (QED) is 0.720. The van der Waals surface area contributed by atoms with E-state index in [9.17, 15) is 9.50 Å². The first-order valence-corrected chi connectivity index (χ1v) is 8.48. The zero-order valence-electron chi connectivity index (χ0n) is 15.5. The van der Waals surface area contributed by atoms with Crippen LogP contribution in [0.2, 0.25) is 0 Å². The zero-order chi connectivity index (χ0) is 18.8. The number of rotatable bonds is 6. The lowest BCUT2D eigenvalue weighted by molar-refractivity contribution is -0.139. The number of nitrogens with two attached hydrogens (primary N) is 1.